The number of rotatable bonds is 6. The Kier molecular flexibility index (Phi) is 8.82. The number of hydrogen-bond donors (Lipinski definition) is 2. The van der Waals surface area contributed by atoms with E-state index in [4.69, 9.17) is 9.72 Å². The van der Waals surface area contributed by atoms with Crippen molar-refractivity contribution in [3.05, 3.63) is 47.8 Å². The highest BCUT2D eigenvalue weighted by atomic mass is 35.5. The van der Waals surface area contributed by atoms with Gasteiger partial charge >= 0.3 is 0 Å². The van der Waals surface area contributed by atoms with Gasteiger partial charge < -0.3 is 19.5 Å². The van der Waals surface area contributed by atoms with Gasteiger partial charge in [0.1, 0.15) is 17.4 Å². The fourth-order valence-corrected chi connectivity index (χ4v) is 5.26. The highest BCUT2D eigenvalue weighted by molar-refractivity contribution is 6.04. The van der Waals surface area contributed by atoms with Crippen LogP contribution in [-0.4, -0.2) is 64.2 Å². The molecule has 2 fully saturated rings. The molecule has 3 aromatic rings. The fourth-order valence-electron chi connectivity index (χ4n) is 5.26. The van der Waals surface area contributed by atoms with Crippen molar-refractivity contribution in [3.8, 4) is 5.75 Å². The third-order valence-electron chi connectivity index (χ3n) is 7.22. The summed E-state index contributed by atoms with van der Waals surface area (Å²) in [6, 6.07) is 9.78. The molecule has 9 heteroatoms. The molecule has 194 valence electrons. The average molecular weight is 513 g/mol. The molecule has 0 saturated carbocycles. The summed E-state index contributed by atoms with van der Waals surface area (Å²) >= 11 is 0. The maximum absolute atomic E-state index is 13.2. The number of amides is 1. The number of fused-ring (bicyclic) bond motifs is 1. The molecule has 0 unspecified atom stereocenters. The molecule has 8 nitrogen and oxygen atoms in total. The molecule has 2 aliphatic heterocycles. The van der Waals surface area contributed by atoms with E-state index in [1.165, 1.54) is 0 Å². The van der Waals surface area contributed by atoms with Gasteiger partial charge in [0.25, 0.3) is 5.91 Å². The Labute approximate surface area is 219 Å². The van der Waals surface area contributed by atoms with Crippen LogP contribution in [0.5, 0.6) is 5.75 Å². The summed E-state index contributed by atoms with van der Waals surface area (Å²) in [5.41, 5.74) is 3.21. The molecule has 36 heavy (non-hydrogen) atoms. The highest BCUT2D eigenvalue weighted by Gasteiger charge is 2.26. The molecule has 2 saturated heterocycles. The molecule has 4 heterocycles. The van der Waals surface area contributed by atoms with Gasteiger partial charge in [0.05, 0.1) is 5.52 Å². The minimum atomic E-state index is -0.178. The summed E-state index contributed by atoms with van der Waals surface area (Å²) in [5.74, 6) is 1.25. The van der Waals surface area contributed by atoms with Crippen LogP contribution in [0.4, 0.5) is 5.95 Å². The second-order valence-corrected chi connectivity index (χ2v) is 9.67. The number of anilines is 1. The number of halogens is 1. The van der Waals surface area contributed by atoms with E-state index in [0.717, 1.165) is 87.3 Å². The van der Waals surface area contributed by atoms with Crippen molar-refractivity contribution in [2.45, 2.75) is 58.1 Å². The number of carbonyl (C=O) groups is 1. The van der Waals surface area contributed by atoms with Crippen molar-refractivity contribution in [3.63, 3.8) is 0 Å². The zero-order chi connectivity index (χ0) is 24.2. The maximum Gasteiger partial charge on any atom is 0.258 e. The number of benzene rings is 1. The van der Waals surface area contributed by atoms with Gasteiger partial charge in [0.2, 0.25) is 5.95 Å². The van der Waals surface area contributed by atoms with E-state index in [1.54, 1.807) is 18.3 Å². The Morgan fingerprint density at radius 3 is 2.81 bits per heavy atom. The lowest BCUT2D eigenvalue weighted by Crippen LogP contribution is -2.38. The summed E-state index contributed by atoms with van der Waals surface area (Å²) in [4.78, 5) is 24.7. The van der Waals surface area contributed by atoms with Crippen LogP contribution in [0.3, 0.4) is 0 Å². The second-order valence-electron chi connectivity index (χ2n) is 9.67. The summed E-state index contributed by atoms with van der Waals surface area (Å²) in [6.45, 7) is 9.17. The largest absolute Gasteiger partial charge is 0.488 e. The van der Waals surface area contributed by atoms with Crippen molar-refractivity contribution in [1.82, 2.24) is 24.8 Å². The van der Waals surface area contributed by atoms with Crippen LogP contribution in [0.15, 0.2) is 36.5 Å². The van der Waals surface area contributed by atoms with Crippen LogP contribution < -0.4 is 15.4 Å². The monoisotopic (exact) mass is 512 g/mol. The molecular formula is C27H37ClN6O2. The second kappa shape index (κ2) is 12.0. The van der Waals surface area contributed by atoms with Gasteiger partial charge in [0, 0.05) is 43.1 Å². The van der Waals surface area contributed by atoms with Gasteiger partial charge in [0.15, 0.2) is 0 Å². The molecule has 1 atom stereocenters. The van der Waals surface area contributed by atoms with Crippen molar-refractivity contribution < 1.29 is 9.53 Å². The molecule has 5 rings (SSSR count). The van der Waals surface area contributed by atoms with Crippen LogP contribution in [0, 0.1) is 6.92 Å². The van der Waals surface area contributed by atoms with E-state index in [1.807, 2.05) is 19.1 Å². The van der Waals surface area contributed by atoms with E-state index in [-0.39, 0.29) is 30.5 Å². The zero-order valence-electron chi connectivity index (χ0n) is 21.2. The maximum atomic E-state index is 13.2. The lowest BCUT2D eigenvalue weighted by atomic mass is 10.1. The van der Waals surface area contributed by atoms with Crippen LogP contribution in [0.1, 0.15) is 61.1 Å². The topological polar surface area (TPSA) is 84.3 Å². The van der Waals surface area contributed by atoms with Gasteiger partial charge in [-0.3, -0.25) is 15.1 Å². The summed E-state index contributed by atoms with van der Waals surface area (Å²) in [7, 11) is 0. The minimum Gasteiger partial charge on any atom is -0.488 e. The van der Waals surface area contributed by atoms with E-state index in [2.05, 4.69) is 38.1 Å². The molecule has 1 amide bonds. The number of imidazole rings is 1. The lowest BCUT2D eigenvalue weighted by molar-refractivity contribution is 0.102. The van der Waals surface area contributed by atoms with Crippen molar-refractivity contribution in [1.29, 1.82) is 0 Å². The van der Waals surface area contributed by atoms with Crippen LogP contribution in [0.2, 0.25) is 0 Å². The smallest absolute Gasteiger partial charge is 0.258 e. The summed E-state index contributed by atoms with van der Waals surface area (Å²) in [5, 5.41) is 6.67. The first kappa shape index (κ1) is 26.4. The molecule has 0 spiro atoms. The first-order valence-electron chi connectivity index (χ1n) is 13.0. The molecule has 0 radical (unpaired) electrons. The molecule has 0 bridgehead atoms. The van der Waals surface area contributed by atoms with Crippen LogP contribution in [0.25, 0.3) is 11.0 Å². The predicted molar refractivity (Wildman–Crippen MR) is 145 cm³/mol. The normalized spacial score (nSPS) is 19.4. The Balaban J connectivity index is 0.00000304. The van der Waals surface area contributed by atoms with E-state index < -0.39 is 0 Å². The lowest BCUT2D eigenvalue weighted by Gasteiger charge is -2.31. The SMILES string of the molecule is CCN1CCC(Oc2cccc3nc(NC(=O)c4ccnc(C)c4)n([C@@H]4CCCCNC4)c23)CC1.Cl. The van der Waals surface area contributed by atoms with E-state index in [9.17, 15) is 4.79 Å². The summed E-state index contributed by atoms with van der Waals surface area (Å²) < 4.78 is 8.82. The summed E-state index contributed by atoms with van der Waals surface area (Å²) in [6.07, 6.45) is 7.21. The quantitative estimate of drug-likeness (QED) is 0.502. The highest BCUT2D eigenvalue weighted by Crippen LogP contribution is 2.35. The van der Waals surface area contributed by atoms with Crippen LogP contribution in [-0.2, 0) is 0 Å². The van der Waals surface area contributed by atoms with Gasteiger partial charge in [-0.05, 0) is 70.0 Å². The number of pyridine rings is 1. The van der Waals surface area contributed by atoms with Crippen molar-refractivity contribution in [2.24, 2.45) is 0 Å². The Morgan fingerprint density at radius 1 is 1.19 bits per heavy atom. The Bertz CT molecular complexity index is 1170. The number of hydrogen-bond acceptors (Lipinski definition) is 6. The van der Waals surface area contributed by atoms with Gasteiger partial charge in [-0.2, -0.15) is 0 Å². The molecule has 2 aliphatic rings. The standard InChI is InChI=1S/C27H36N6O2.ClH/c1-3-32-15-11-22(12-16-32)35-24-9-6-8-23-25(24)33(21-7-4-5-13-28-18-21)27(30-23)31-26(34)20-10-14-29-19(2)17-20;/h6,8-10,14,17,21-22,28H,3-5,7,11-13,15-16,18H2,1-2H3,(H,30,31,34);1H/t21-;/m1./s1. The number of nitrogens with one attached hydrogen (secondary N) is 2. The van der Waals surface area contributed by atoms with Crippen LogP contribution >= 0.6 is 12.4 Å². The van der Waals surface area contributed by atoms with E-state index in [0.29, 0.717) is 11.5 Å². The Hall–Kier alpha value is -2.68. The third-order valence-corrected chi connectivity index (χ3v) is 7.22. The minimum absolute atomic E-state index is 0. The third kappa shape index (κ3) is 5.82. The van der Waals surface area contributed by atoms with Gasteiger partial charge in [-0.25, -0.2) is 4.98 Å². The predicted octanol–water partition coefficient (Wildman–Crippen LogP) is 4.59. The Morgan fingerprint density at radius 2 is 2.03 bits per heavy atom. The molecule has 1 aromatic carbocycles. The number of para-hydroxylation sites is 1. The number of likely N-dealkylation sites (tertiary alicyclic amines) is 1. The number of carbonyl (C=O) groups excluding carboxylic acids is 1. The van der Waals surface area contributed by atoms with E-state index >= 15 is 0 Å². The van der Waals surface area contributed by atoms with Gasteiger partial charge in [-0.1, -0.05) is 19.4 Å². The number of ether oxygens (including phenoxy) is 1. The first-order valence-corrected chi connectivity index (χ1v) is 13.0. The van der Waals surface area contributed by atoms with Gasteiger partial charge in [-0.15, -0.1) is 12.4 Å². The van der Waals surface area contributed by atoms with Crippen molar-refractivity contribution >= 4 is 35.3 Å². The zero-order valence-corrected chi connectivity index (χ0v) is 22.0. The number of aromatic nitrogens is 3. The number of piperidine rings is 1. The van der Waals surface area contributed by atoms with Crippen molar-refractivity contribution in [2.75, 3.05) is 38.0 Å². The molecule has 2 N–H and O–H groups in total. The molecular weight excluding hydrogens is 476 g/mol. The first-order chi connectivity index (χ1) is 17.1. The fraction of sp³-hybridized carbons (Fsp3) is 0.519. The number of aryl methyl sites for hydroxylation is 1. The molecule has 2 aromatic heterocycles. The molecule has 0 aliphatic carbocycles. The average Bonchev–Trinajstić information content (AvgIpc) is 3.03. The number of nitrogens with zero attached hydrogens (tertiary/aromatic N) is 4.